The Morgan fingerprint density at radius 3 is 3.11 bits per heavy atom. The van der Waals surface area contributed by atoms with Crippen LogP contribution in [0.5, 0.6) is 5.75 Å². The predicted molar refractivity (Wildman–Crippen MR) is 102 cm³/mol. The van der Waals surface area contributed by atoms with Crippen molar-refractivity contribution in [1.29, 1.82) is 0 Å². The van der Waals surface area contributed by atoms with Gasteiger partial charge in [0.1, 0.15) is 17.1 Å². The maximum absolute atomic E-state index is 12.5. The van der Waals surface area contributed by atoms with Crippen molar-refractivity contribution in [2.45, 2.75) is 24.0 Å². The molecule has 1 amide bonds. The number of aromatic nitrogens is 4. The van der Waals surface area contributed by atoms with E-state index in [1.54, 1.807) is 18.9 Å². The number of aromatic amines is 1. The molecule has 1 atom stereocenters. The van der Waals surface area contributed by atoms with E-state index in [0.29, 0.717) is 24.5 Å². The molecule has 2 aliphatic rings. The highest BCUT2D eigenvalue weighted by Crippen LogP contribution is 2.31. The molecule has 7 nitrogen and oxygen atoms in total. The molecule has 2 aliphatic heterocycles. The predicted octanol–water partition coefficient (Wildman–Crippen LogP) is 2.46. The number of imidazole rings is 2. The average molecular weight is 381 g/mol. The summed E-state index contributed by atoms with van der Waals surface area (Å²) in [7, 11) is 1.66. The molecule has 27 heavy (non-hydrogen) atoms. The van der Waals surface area contributed by atoms with Gasteiger partial charge in [-0.2, -0.15) is 0 Å². The third-order valence-electron chi connectivity index (χ3n) is 5.06. The molecule has 2 N–H and O–H groups in total. The molecule has 0 fully saturated rings. The molecule has 0 saturated heterocycles. The SMILES string of the molecule is COc1cccc([C@@H]2CNC(=O)c3nc(-c4cn5c(n4)SCC5)[nH]c3C2)c1. The fraction of sp³-hybridized carbons (Fsp3) is 0.316. The Kier molecular flexibility index (Phi) is 3.93. The van der Waals surface area contributed by atoms with Gasteiger partial charge in [0.2, 0.25) is 0 Å². The molecule has 0 bridgehead atoms. The van der Waals surface area contributed by atoms with Crippen molar-refractivity contribution in [2.24, 2.45) is 0 Å². The molecule has 8 heteroatoms. The average Bonchev–Trinajstić information content (AvgIpc) is 3.37. The molecule has 2 aromatic heterocycles. The first kappa shape index (κ1) is 16.4. The zero-order chi connectivity index (χ0) is 18.4. The van der Waals surface area contributed by atoms with Crippen molar-refractivity contribution in [1.82, 2.24) is 24.8 Å². The van der Waals surface area contributed by atoms with Crippen molar-refractivity contribution in [3.8, 4) is 17.3 Å². The third-order valence-corrected chi connectivity index (χ3v) is 6.04. The fourth-order valence-electron chi connectivity index (χ4n) is 3.64. The van der Waals surface area contributed by atoms with Gasteiger partial charge in [-0.25, -0.2) is 9.97 Å². The number of methoxy groups -OCH3 is 1. The summed E-state index contributed by atoms with van der Waals surface area (Å²) in [5, 5.41) is 4.01. The van der Waals surface area contributed by atoms with Gasteiger partial charge in [0.05, 0.1) is 7.11 Å². The highest BCUT2D eigenvalue weighted by atomic mass is 32.2. The molecule has 138 valence electrons. The Morgan fingerprint density at radius 2 is 2.26 bits per heavy atom. The number of fused-ring (bicyclic) bond motifs is 2. The van der Waals surface area contributed by atoms with Gasteiger partial charge in [-0.3, -0.25) is 4.79 Å². The molecule has 3 aromatic rings. The summed E-state index contributed by atoms with van der Waals surface area (Å²) in [5.41, 5.74) is 3.25. The maximum atomic E-state index is 12.5. The minimum atomic E-state index is -0.140. The number of rotatable bonds is 3. The largest absolute Gasteiger partial charge is 0.497 e. The first-order chi connectivity index (χ1) is 13.2. The second-order valence-electron chi connectivity index (χ2n) is 6.75. The van der Waals surface area contributed by atoms with E-state index in [1.165, 1.54) is 0 Å². The topological polar surface area (TPSA) is 84.8 Å². The van der Waals surface area contributed by atoms with Crippen LogP contribution in [-0.4, -0.2) is 44.8 Å². The number of hydrogen-bond acceptors (Lipinski definition) is 5. The van der Waals surface area contributed by atoms with Gasteiger partial charge in [-0.1, -0.05) is 23.9 Å². The van der Waals surface area contributed by atoms with Crippen LogP contribution < -0.4 is 10.1 Å². The first-order valence-corrected chi connectivity index (χ1v) is 9.91. The number of thioether (sulfide) groups is 1. The van der Waals surface area contributed by atoms with Crippen molar-refractivity contribution in [2.75, 3.05) is 19.4 Å². The maximum Gasteiger partial charge on any atom is 0.271 e. The number of aryl methyl sites for hydroxylation is 1. The number of ether oxygens (including phenoxy) is 1. The van der Waals surface area contributed by atoms with Crippen LogP contribution in [0.15, 0.2) is 35.6 Å². The molecule has 0 unspecified atom stereocenters. The van der Waals surface area contributed by atoms with Crippen molar-refractivity contribution >= 4 is 17.7 Å². The summed E-state index contributed by atoms with van der Waals surface area (Å²) in [6.45, 7) is 1.53. The normalized spacial score (nSPS) is 18.6. The lowest BCUT2D eigenvalue weighted by Crippen LogP contribution is -2.26. The smallest absolute Gasteiger partial charge is 0.271 e. The molecule has 0 saturated carbocycles. The Labute approximate surface area is 160 Å². The van der Waals surface area contributed by atoms with Gasteiger partial charge >= 0.3 is 0 Å². The van der Waals surface area contributed by atoms with Crippen LogP contribution in [-0.2, 0) is 13.0 Å². The molecule has 5 rings (SSSR count). The third kappa shape index (κ3) is 2.90. The lowest BCUT2D eigenvalue weighted by Gasteiger charge is -2.15. The van der Waals surface area contributed by atoms with Gasteiger partial charge < -0.3 is 19.6 Å². The van der Waals surface area contributed by atoms with E-state index in [4.69, 9.17) is 4.74 Å². The van der Waals surface area contributed by atoms with Gasteiger partial charge in [0, 0.05) is 36.7 Å². The van der Waals surface area contributed by atoms with E-state index in [0.717, 1.165) is 40.2 Å². The van der Waals surface area contributed by atoms with E-state index in [2.05, 4.69) is 30.9 Å². The standard InChI is InChI=1S/C19H19N5O2S/c1-26-13-4-2-3-11(7-13)12-8-14-16(18(25)20-9-12)23-17(21-14)15-10-24-5-6-27-19(24)22-15/h2-4,7,10,12H,5-6,8-9H2,1H3,(H,20,25)(H,21,23)/t12-/m0/s1. The minimum absolute atomic E-state index is 0.140. The van der Waals surface area contributed by atoms with E-state index in [1.807, 2.05) is 24.4 Å². The van der Waals surface area contributed by atoms with Gasteiger partial charge in [-0.15, -0.1) is 0 Å². The van der Waals surface area contributed by atoms with E-state index < -0.39 is 0 Å². The van der Waals surface area contributed by atoms with Crippen molar-refractivity contribution < 1.29 is 9.53 Å². The number of hydrogen-bond donors (Lipinski definition) is 2. The number of amides is 1. The quantitative estimate of drug-likeness (QED) is 0.728. The summed E-state index contributed by atoms with van der Waals surface area (Å²) in [4.78, 5) is 25.1. The lowest BCUT2D eigenvalue weighted by atomic mass is 9.94. The van der Waals surface area contributed by atoms with E-state index in [-0.39, 0.29) is 11.8 Å². The highest BCUT2D eigenvalue weighted by molar-refractivity contribution is 7.99. The Bertz CT molecular complexity index is 1000. The lowest BCUT2D eigenvalue weighted by molar-refractivity contribution is 0.0950. The van der Waals surface area contributed by atoms with Crippen LogP contribution in [0.3, 0.4) is 0 Å². The molecule has 1 aromatic carbocycles. The summed E-state index contributed by atoms with van der Waals surface area (Å²) in [5.74, 6) is 2.55. The molecule has 0 aliphatic carbocycles. The van der Waals surface area contributed by atoms with Crippen LogP contribution in [0.4, 0.5) is 0 Å². The highest BCUT2D eigenvalue weighted by Gasteiger charge is 2.27. The number of nitrogens with one attached hydrogen (secondary N) is 2. The van der Waals surface area contributed by atoms with Crippen LogP contribution in [0.25, 0.3) is 11.5 Å². The summed E-state index contributed by atoms with van der Waals surface area (Å²) >= 11 is 1.74. The number of carbonyl (C=O) groups excluding carboxylic acids is 1. The summed E-state index contributed by atoms with van der Waals surface area (Å²) in [6.07, 6.45) is 2.71. The monoisotopic (exact) mass is 381 g/mol. The van der Waals surface area contributed by atoms with Gasteiger partial charge in [-0.05, 0) is 24.1 Å². The number of H-pyrrole nitrogens is 1. The van der Waals surface area contributed by atoms with Crippen LogP contribution in [0, 0.1) is 0 Å². The summed E-state index contributed by atoms with van der Waals surface area (Å²) < 4.78 is 7.47. The van der Waals surface area contributed by atoms with Crippen LogP contribution >= 0.6 is 11.8 Å². The molecular formula is C19H19N5O2S. The minimum Gasteiger partial charge on any atom is -0.497 e. The summed E-state index contributed by atoms with van der Waals surface area (Å²) in [6, 6.07) is 7.99. The zero-order valence-corrected chi connectivity index (χ0v) is 15.7. The van der Waals surface area contributed by atoms with Gasteiger partial charge in [0.15, 0.2) is 11.0 Å². The second kappa shape index (κ2) is 6.45. The first-order valence-electron chi connectivity index (χ1n) is 8.92. The Hall–Kier alpha value is -2.74. The number of carbonyl (C=O) groups is 1. The zero-order valence-electron chi connectivity index (χ0n) is 14.9. The number of nitrogens with zero attached hydrogens (tertiary/aromatic N) is 3. The molecule has 0 radical (unpaired) electrons. The van der Waals surface area contributed by atoms with Crippen LogP contribution in [0.2, 0.25) is 0 Å². The number of benzene rings is 1. The molecular weight excluding hydrogens is 362 g/mol. The fourth-order valence-corrected chi connectivity index (χ4v) is 4.58. The van der Waals surface area contributed by atoms with Gasteiger partial charge in [0.25, 0.3) is 5.91 Å². The van der Waals surface area contributed by atoms with Crippen molar-refractivity contribution in [3.05, 3.63) is 47.4 Å². The molecule has 4 heterocycles. The van der Waals surface area contributed by atoms with Crippen LogP contribution in [0.1, 0.15) is 27.7 Å². The van der Waals surface area contributed by atoms with E-state index in [9.17, 15) is 4.79 Å². The Balaban J connectivity index is 1.48. The second-order valence-corrected chi connectivity index (χ2v) is 7.81. The van der Waals surface area contributed by atoms with Crippen molar-refractivity contribution in [3.63, 3.8) is 0 Å². The Morgan fingerprint density at radius 1 is 1.33 bits per heavy atom. The molecule has 0 spiro atoms. The van der Waals surface area contributed by atoms with E-state index >= 15 is 0 Å².